The summed E-state index contributed by atoms with van der Waals surface area (Å²) in [6.45, 7) is 0.375. The van der Waals surface area contributed by atoms with Gasteiger partial charge in [0.2, 0.25) is 26.2 Å². The average molecular weight is 809 g/mol. The summed E-state index contributed by atoms with van der Waals surface area (Å²) < 4.78 is 57.7. The highest BCUT2D eigenvalue weighted by atomic mass is 16.7. The van der Waals surface area contributed by atoms with Crippen LogP contribution < -0.4 is 47.4 Å². The number of para-hydroxylation sites is 2. The molecule has 6 aliphatic rings. The summed E-state index contributed by atoms with van der Waals surface area (Å²) in [5.74, 6) is 6.00. The molecule has 12 heteroatoms. The van der Waals surface area contributed by atoms with Gasteiger partial charge >= 0.3 is 0 Å². The molecule has 0 amide bonds. The molecule has 0 aliphatic carbocycles. The standard InChI is InChI=1S/2C24H20O6/c2*1-26-14-8-6-13(7-9-14)21-16-10-19-20(28-12-27-19)11-18(16)29-23-15-4-2-3-5-17(15)30-24(25)22(21)23/h2*2-11,21-25H,12H2,1H3/t2*21-,22+,23-,24-/m11/s1. The average Bonchev–Trinajstić information content (AvgIpc) is 3.95. The molecule has 0 fully saturated rings. The van der Waals surface area contributed by atoms with Gasteiger partial charge in [0, 0.05) is 46.2 Å². The lowest BCUT2D eigenvalue weighted by molar-refractivity contribution is -0.124. The van der Waals surface area contributed by atoms with Crippen LogP contribution in [0.25, 0.3) is 0 Å². The molecule has 12 nitrogen and oxygen atoms in total. The molecule has 0 spiro atoms. The minimum Gasteiger partial charge on any atom is -0.497 e. The SMILES string of the molecule is COc1ccc([C@@H]2c3cc4c(cc3O[C@@H]3c5ccccc5O[C@@H](O)[C@@H]23)OCO4)cc1.COc1ccc([C@@H]2c3cc4c(cc3O[C@@H]3c5ccccc5O[C@@H](O)[C@@H]23)OCO4)cc1. The van der Waals surface area contributed by atoms with Crippen molar-refractivity contribution in [3.05, 3.63) is 155 Å². The van der Waals surface area contributed by atoms with E-state index in [-0.39, 0.29) is 49.5 Å². The number of hydrogen-bond donors (Lipinski definition) is 2. The Hall–Kier alpha value is -6.76. The van der Waals surface area contributed by atoms with Crippen molar-refractivity contribution in [1.29, 1.82) is 0 Å². The van der Waals surface area contributed by atoms with Crippen LogP contribution in [0.3, 0.4) is 0 Å². The van der Waals surface area contributed by atoms with E-state index in [9.17, 15) is 10.2 Å². The topological polar surface area (TPSA) is 133 Å². The van der Waals surface area contributed by atoms with E-state index in [0.717, 1.165) is 56.4 Å². The van der Waals surface area contributed by atoms with E-state index < -0.39 is 12.6 Å². The van der Waals surface area contributed by atoms with Gasteiger partial charge in [-0.3, -0.25) is 0 Å². The Labute approximate surface area is 345 Å². The fraction of sp³-hybridized carbons (Fsp3) is 0.250. The highest BCUT2D eigenvalue weighted by molar-refractivity contribution is 5.59. The minimum atomic E-state index is -1.02. The predicted octanol–water partition coefficient (Wildman–Crippen LogP) is 8.03. The predicted molar refractivity (Wildman–Crippen MR) is 215 cm³/mol. The van der Waals surface area contributed by atoms with Gasteiger partial charge in [-0.15, -0.1) is 0 Å². The number of aliphatic hydroxyl groups excluding tert-OH is 2. The van der Waals surface area contributed by atoms with Gasteiger partial charge in [0.05, 0.1) is 26.1 Å². The number of rotatable bonds is 4. The third-order valence-electron chi connectivity index (χ3n) is 12.2. The van der Waals surface area contributed by atoms with E-state index in [1.54, 1.807) is 14.2 Å². The Morgan fingerprint density at radius 2 is 0.800 bits per heavy atom. The lowest BCUT2D eigenvalue weighted by Gasteiger charge is -2.45. The first-order chi connectivity index (χ1) is 29.4. The Kier molecular flexibility index (Phi) is 8.78. The summed E-state index contributed by atoms with van der Waals surface area (Å²) in [7, 11) is 3.29. The number of hydrogen-bond acceptors (Lipinski definition) is 12. The molecule has 0 bridgehead atoms. The van der Waals surface area contributed by atoms with Crippen molar-refractivity contribution in [2.45, 2.75) is 36.6 Å². The van der Waals surface area contributed by atoms with E-state index in [1.165, 1.54) is 0 Å². The van der Waals surface area contributed by atoms with Gasteiger partial charge in [-0.1, -0.05) is 60.7 Å². The van der Waals surface area contributed by atoms with E-state index in [4.69, 9.17) is 47.4 Å². The van der Waals surface area contributed by atoms with Crippen molar-refractivity contribution >= 4 is 0 Å². The van der Waals surface area contributed by atoms with E-state index in [2.05, 4.69) is 0 Å². The molecule has 0 unspecified atom stereocenters. The highest BCUT2D eigenvalue weighted by Gasteiger charge is 2.51. The highest BCUT2D eigenvalue weighted by Crippen LogP contribution is 2.58. The summed E-state index contributed by atoms with van der Waals surface area (Å²) >= 11 is 0. The zero-order valence-electron chi connectivity index (χ0n) is 32.6. The van der Waals surface area contributed by atoms with E-state index in [1.807, 2.05) is 121 Å². The van der Waals surface area contributed by atoms with Gasteiger partial charge in [-0.05, 0) is 59.7 Å². The third-order valence-corrected chi connectivity index (χ3v) is 12.2. The van der Waals surface area contributed by atoms with Crippen molar-refractivity contribution in [1.82, 2.24) is 0 Å². The number of ether oxygens (including phenoxy) is 10. The maximum absolute atomic E-state index is 11.0. The van der Waals surface area contributed by atoms with Gasteiger partial charge in [-0.25, -0.2) is 0 Å². The molecule has 8 atom stereocenters. The van der Waals surface area contributed by atoms with Crippen molar-refractivity contribution in [2.24, 2.45) is 11.8 Å². The quantitative estimate of drug-likeness (QED) is 0.179. The van der Waals surface area contributed by atoms with Gasteiger partial charge < -0.3 is 57.6 Å². The fourth-order valence-corrected chi connectivity index (χ4v) is 9.42. The van der Waals surface area contributed by atoms with Gasteiger partial charge in [0.25, 0.3) is 0 Å². The summed E-state index contributed by atoms with van der Waals surface area (Å²) in [5.41, 5.74) is 5.80. The molecule has 12 rings (SSSR count). The largest absolute Gasteiger partial charge is 0.497 e. The number of benzene rings is 6. The normalized spacial score (nSPS) is 25.3. The second-order valence-corrected chi connectivity index (χ2v) is 15.3. The third kappa shape index (κ3) is 5.97. The Morgan fingerprint density at radius 1 is 0.417 bits per heavy atom. The zero-order chi connectivity index (χ0) is 40.5. The molecular weight excluding hydrogens is 769 g/mol. The van der Waals surface area contributed by atoms with Crippen LogP contribution in [0.4, 0.5) is 0 Å². The fourth-order valence-electron chi connectivity index (χ4n) is 9.42. The van der Waals surface area contributed by atoms with Crippen LogP contribution in [-0.4, -0.2) is 50.6 Å². The number of aliphatic hydroxyl groups is 2. The maximum atomic E-state index is 11.0. The molecule has 6 aromatic rings. The van der Waals surface area contributed by atoms with Crippen molar-refractivity contribution in [2.75, 3.05) is 27.8 Å². The molecule has 6 heterocycles. The van der Waals surface area contributed by atoms with Crippen LogP contribution in [0.15, 0.2) is 121 Å². The molecule has 0 saturated heterocycles. The van der Waals surface area contributed by atoms with Crippen LogP contribution in [0, 0.1) is 11.8 Å². The molecule has 60 heavy (non-hydrogen) atoms. The summed E-state index contributed by atoms with van der Waals surface area (Å²) in [4.78, 5) is 0. The van der Waals surface area contributed by atoms with Crippen molar-refractivity contribution in [3.8, 4) is 57.5 Å². The second kappa shape index (κ2) is 14.5. The van der Waals surface area contributed by atoms with Crippen molar-refractivity contribution < 1.29 is 57.6 Å². The Morgan fingerprint density at radius 3 is 1.20 bits per heavy atom. The minimum absolute atomic E-state index is 0.164. The maximum Gasteiger partial charge on any atom is 0.231 e. The van der Waals surface area contributed by atoms with E-state index >= 15 is 0 Å². The van der Waals surface area contributed by atoms with Gasteiger partial charge in [0.1, 0.15) is 46.7 Å². The molecule has 6 aromatic carbocycles. The Balaban J connectivity index is 0.000000136. The summed E-state index contributed by atoms with van der Waals surface area (Å²) in [6, 6.07) is 38.9. The lowest BCUT2D eigenvalue weighted by Crippen LogP contribution is -2.44. The van der Waals surface area contributed by atoms with Crippen LogP contribution >= 0.6 is 0 Å². The summed E-state index contributed by atoms with van der Waals surface area (Å²) in [6.07, 6.45) is -2.75. The lowest BCUT2D eigenvalue weighted by atomic mass is 9.72. The van der Waals surface area contributed by atoms with Crippen LogP contribution in [0.1, 0.15) is 57.4 Å². The van der Waals surface area contributed by atoms with Crippen LogP contribution in [-0.2, 0) is 0 Å². The molecule has 0 saturated carbocycles. The van der Waals surface area contributed by atoms with Gasteiger partial charge in [0.15, 0.2) is 23.0 Å². The second-order valence-electron chi connectivity index (χ2n) is 15.3. The molecule has 2 N–H and O–H groups in total. The first kappa shape index (κ1) is 36.3. The van der Waals surface area contributed by atoms with Crippen LogP contribution in [0.5, 0.6) is 57.5 Å². The summed E-state index contributed by atoms with van der Waals surface area (Å²) in [5, 5.41) is 22.0. The number of methoxy groups -OCH3 is 2. The molecule has 304 valence electrons. The Bertz CT molecular complexity index is 2400. The zero-order valence-corrected chi connectivity index (χ0v) is 32.6. The van der Waals surface area contributed by atoms with E-state index in [0.29, 0.717) is 34.5 Å². The van der Waals surface area contributed by atoms with Crippen molar-refractivity contribution in [3.63, 3.8) is 0 Å². The molecule has 0 aromatic heterocycles. The molecule has 6 aliphatic heterocycles. The first-order valence-electron chi connectivity index (χ1n) is 19.8. The monoisotopic (exact) mass is 808 g/mol. The van der Waals surface area contributed by atoms with Gasteiger partial charge in [-0.2, -0.15) is 0 Å². The number of fused-ring (bicyclic) bond motifs is 10. The molecular formula is C48H40O12. The molecule has 0 radical (unpaired) electrons. The smallest absolute Gasteiger partial charge is 0.231 e. The van der Waals surface area contributed by atoms with Crippen LogP contribution in [0.2, 0.25) is 0 Å². The first-order valence-corrected chi connectivity index (χ1v) is 19.8.